The molecule has 2 N–H and O–H groups in total. The van der Waals surface area contributed by atoms with Crippen molar-refractivity contribution in [2.24, 2.45) is 0 Å². The van der Waals surface area contributed by atoms with Gasteiger partial charge in [0.05, 0.1) is 11.9 Å². The van der Waals surface area contributed by atoms with Crippen molar-refractivity contribution in [1.29, 1.82) is 0 Å². The Hall–Kier alpha value is -2.70. The molecule has 20 heavy (non-hydrogen) atoms. The minimum absolute atomic E-state index is 0.219. The highest BCUT2D eigenvalue weighted by Gasteiger charge is 2.12. The van der Waals surface area contributed by atoms with Crippen LogP contribution in [0.2, 0.25) is 0 Å². The van der Waals surface area contributed by atoms with Crippen molar-refractivity contribution in [3.8, 4) is 0 Å². The van der Waals surface area contributed by atoms with E-state index in [1.165, 1.54) is 29.2 Å². The van der Waals surface area contributed by atoms with Gasteiger partial charge in [-0.25, -0.2) is 4.39 Å². The predicted octanol–water partition coefficient (Wildman–Crippen LogP) is 1.67. The summed E-state index contributed by atoms with van der Waals surface area (Å²) in [5.74, 6) is -2.01. The summed E-state index contributed by atoms with van der Waals surface area (Å²) in [5, 5.41) is 14.9. The zero-order valence-electron chi connectivity index (χ0n) is 10.6. The number of halogens is 1. The lowest BCUT2D eigenvalue weighted by molar-refractivity contribution is -0.137. The third-order valence-electron chi connectivity index (χ3n) is 2.63. The monoisotopic (exact) mass is 277 g/mol. The van der Waals surface area contributed by atoms with Crippen LogP contribution in [0.3, 0.4) is 0 Å². The predicted molar refractivity (Wildman–Crippen MR) is 69.0 cm³/mol. The van der Waals surface area contributed by atoms with E-state index in [1.807, 2.05) is 0 Å². The van der Waals surface area contributed by atoms with Crippen LogP contribution in [0.4, 0.5) is 10.1 Å². The van der Waals surface area contributed by atoms with Gasteiger partial charge < -0.3 is 10.4 Å². The second kappa shape index (κ2) is 5.52. The normalized spacial score (nSPS) is 10.3. The van der Waals surface area contributed by atoms with Crippen molar-refractivity contribution < 1.29 is 19.1 Å². The molecule has 1 aromatic carbocycles. The zero-order valence-corrected chi connectivity index (χ0v) is 10.6. The maximum atomic E-state index is 13.1. The van der Waals surface area contributed by atoms with Crippen LogP contribution in [0.25, 0.3) is 0 Å². The number of nitrogens with zero attached hydrogens (tertiary/aromatic N) is 2. The second-order valence-electron chi connectivity index (χ2n) is 4.23. The van der Waals surface area contributed by atoms with Crippen molar-refractivity contribution in [2.75, 3.05) is 5.32 Å². The molecule has 104 valence electrons. The Labute approximate surface area is 113 Å². The first kappa shape index (κ1) is 13.7. The third-order valence-corrected chi connectivity index (χ3v) is 2.63. The molecule has 0 saturated heterocycles. The number of amides is 1. The fourth-order valence-electron chi connectivity index (χ4n) is 1.69. The van der Waals surface area contributed by atoms with Gasteiger partial charge in [-0.2, -0.15) is 5.10 Å². The molecule has 1 aromatic heterocycles. The Morgan fingerprint density at radius 2 is 2.20 bits per heavy atom. The average molecular weight is 277 g/mol. The first-order valence-corrected chi connectivity index (χ1v) is 5.77. The molecule has 0 bridgehead atoms. The van der Waals surface area contributed by atoms with Gasteiger partial charge >= 0.3 is 5.97 Å². The van der Waals surface area contributed by atoms with Crippen LogP contribution in [0.1, 0.15) is 15.9 Å². The van der Waals surface area contributed by atoms with E-state index in [0.29, 0.717) is 11.3 Å². The lowest BCUT2D eigenvalue weighted by atomic mass is 10.1. The number of carboxylic acid groups (broad SMARTS) is 1. The van der Waals surface area contributed by atoms with E-state index in [0.717, 1.165) is 6.07 Å². The minimum Gasteiger partial charge on any atom is -0.480 e. The number of hydrogen-bond donors (Lipinski definition) is 2. The van der Waals surface area contributed by atoms with Crippen molar-refractivity contribution in [3.05, 3.63) is 47.5 Å². The standard InChI is InChI=1S/C13H12FN3O3/c1-8-2-3-9(14)4-11(8)13(20)16-10-5-15-17(6-10)7-12(18)19/h2-6H,7H2,1H3,(H,16,20)(H,18,19). The molecule has 0 atom stereocenters. The van der Waals surface area contributed by atoms with Crippen LogP contribution in [-0.4, -0.2) is 26.8 Å². The second-order valence-corrected chi connectivity index (χ2v) is 4.23. The number of hydrogen-bond acceptors (Lipinski definition) is 3. The lowest BCUT2D eigenvalue weighted by Crippen LogP contribution is -2.13. The maximum Gasteiger partial charge on any atom is 0.325 e. The minimum atomic E-state index is -1.04. The Balaban J connectivity index is 2.13. The van der Waals surface area contributed by atoms with Gasteiger partial charge in [-0.3, -0.25) is 14.3 Å². The van der Waals surface area contributed by atoms with Crippen LogP contribution in [-0.2, 0) is 11.3 Å². The van der Waals surface area contributed by atoms with Gasteiger partial charge in [-0.05, 0) is 24.6 Å². The SMILES string of the molecule is Cc1ccc(F)cc1C(=O)Nc1cnn(CC(=O)O)c1. The summed E-state index contributed by atoms with van der Waals surface area (Å²) in [6.45, 7) is 1.40. The molecule has 2 rings (SSSR count). The molecule has 0 fully saturated rings. The molecule has 0 saturated carbocycles. The highest BCUT2D eigenvalue weighted by molar-refractivity contribution is 6.05. The number of aliphatic carboxylic acids is 1. The summed E-state index contributed by atoms with van der Waals surface area (Å²) < 4.78 is 14.3. The number of aromatic nitrogens is 2. The molecule has 0 unspecified atom stereocenters. The number of carboxylic acids is 1. The molecule has 0 aliphatic carbocycles. The Morgan fingerprint density at radius 1 is 1.45 bits per heavy atom. The molecule has 6 nitrogen and oxygen atoms in total. The number of nitrogens with one attached hydrogen (secondary N) is 1. The zero-order chi connectivity index (χ0) is 14.7. The maximum absolute atomic E-state index is 13.1. The van der Waals surface area contributed by atoms with Crippen LogP contribution < -0.4 is 5.32 Å². The van der Waals surface area contributed by atoms with E-state index >= 15 is 0 Å². The first-order valence-electron chi connectivity index (χ1n) is 5.77. The third kappa shape index (κ3) is 3.19. The van der Waals surface area contributed by atoms with E-state index in [4.69, 9.17) is 5.11 Å². The Kier molecular flexibility index (Phi) is 3.79. The van der Waals surface area contributed by atoms with Gasteiger partial charge in [0.15, 0.2) is 0 Å². The Morgan fingerprint density at radius 3 is 2.90 bits per heavy atom. The summed E-state index contributed by atoms with van der Waals surface area (Å²) in [6, 6.07) is 3.93. The Bertz CT molecular complexity index is 667. The summed E-state index contributed by atoms with van der Waals surface area (Å²) >= 11 is 0. The number of carbonyl (C=O) groups is 2. The fraction of sp³-hybridized carbons (Fsp3) is 0.154. The smallest absolute Gasteiger partial charge is 0.325 e. The fourth-order valence-corrected chi connectivity index (χ4v) is 1.69. The molecule has 0 radical (unpaired) electrons. The van der Waals surface area contributed by atoms with Gasteiger partial charge in [-0.15, -0.1) is 0 Å². The van der Waals surface area contributed by atoms with Crippen LogP contribution in [0.15, 0.2) is 30.6 Å². The number of carbonyl (C=O) groups excluding carboxylic acids is 1. The van der Waals surface area contributed by atoms with E-state index in [9.17, 15) is 14.0 Å². The first-order chi connectivity index (χ1) is 9.45. The van der Waals surface area contributed by atoms with E-state index in [1.54, 1.807) is 6.92 Å². The van der Waals surface area contributed by atoms with E-state index < -0.39 is 17.7 Å². The highest BCUT2D eigenvalue weighted by Crippen LogP contribution is 2.13. The topological polar surface area (TPSA) is 84.2 Å². The van der Waals surface area contributed by atoms with Gasteiger partial charge in [-0.1, -0.05) is 6.07 Å². The summed E-state index contributed by atoms with van der Waals surface area (Å²) in [6.07, 6.45) is 2.72. The number of rotatable bonds is 4. The largest absolute Gasteiger partial charge is 0.480 e. The van der Waals surface area contributed by atoms with Crippen molar-refractivity contribution in [1.82, 2.24) is 9.78 Å². The highest BCUT2D eigenvalue weighted by atomic mass is 19.1. The molecule has 1 heterocycles. The van der Waals surface area contributed by atoms with Gasteiger partial charge in [0.25, 0.3) is 5.91 Å². The van der Waals surface area contributed by atoms with Gasteiger partial charge in [0.1, 0.15) is 12.4 Å². The van der Waals surface area contributed by atoms with Crippen molar-refractivity contribution >= 4 is 17.6 Å². The molecule has 0 aliphatic rings. The molecule has 0 aliphatic heterocycles. The molecular weight excluding hydrogens is 265 g/mol. The average Bonchev–Trinajstić information content (AvgIpc) is 2.78. The van der Waals surface area contributed by atoms with Crippen LogP contribution in [0.5, 0.6) is 0 Å². The number of aryl methyl sites for hydroxylation is 1. The molecular formula is C13H12FN3O3. The van der Waals surface area contributed by atoms with Crippen LogP contribution in [0, 0.1) is 12.7 Å². The van der Waals surface area contributed by atoms with E-state index in [-0.39, 0.29) is 12.1 Å². The number of benzene rings is 1. The van der Waals surface area contributed by atoms with E-state index in [2.05, 4.69) is 10.4 Å². The van der Waals surface area contributed by atoms with Crippen molar-refractivity contribution in [3.63, 3.8) is 0 Å². The van der Waals surface area contributed by atoms with Gasteiger partial charge in [0.2, 0.25) is 0 Å². The number of anilines is 1. The van der Waals surface area contributed by atoms with Crippen LogP contribution >= 0.6 is 0 Å². The molecule has 2 aromatic rings. The lowest BCUT2D eigenvalue weighted by Gasteiger charge is -2.05. The molecule has 0 spiro atoms. The quantitative estimate of drug-likeness (QED) is 0.890. The van der Waals surface area contributed by atoms with Crippen molar-refractivity contribution in [2.45, 2.75) is 13.5 Å². The summed E-state index contributed by atoms with van der Waals surface area (Å²) in [7, 11) is 0. The molecule has 1 amide bonds. The summed E-state index contributed by atoms with van der Waals surface area (Å²) in [5.41, 5.74) is 1.21. The van der Waals surface area contributed by atoms with Gasteiger partial charge in [0, 0.05) is 11.8 Å². The molecule has 7 heteroatoms. The summed E-state index contributed by atoms with van der Waals surface area (Å²) in [4.78, 5) is 22.5.